The Hall–Kier alpha value is -2.89. The fourth-order valence-electron chi connectivity index (χ4n) is 2.97. The molecule has 1 aromatic carbocycles. The monoisotopic (exact) mass is 353 g/mol. The highest BCUT2D eigenvalue weighted by Gasteiger charge is 2.51. The number of aromatic nitrogens is 1. The van der Waals surface area contributed by atoms with Gasteiger partial charge in [0.15, 0.2) is 11.6 Å². The zero-order valence-electron chi connectivity index (χ0n) is 15.4. The van der Waals surface area contributed by atoms with E-state index in [1.807, 2.05) is 39.0 Å². The summed E-state index contributed by atoms with van der Waals surface area (Å²) in [5.74, 6) is -0.0785. The lowest BCUT2D eigenvalue weighted by atomic mass is 9.99. The highest BCUT2D eigenvalue weighted by molar-refractivity contribution is 6.19. The van der Waals surface area contributed by atoms with Gasteiger partial charge in [0, 0.05) is 17.9 Å². The van der Waals surface area contributed by atoms with Crippen LogP contribution in [0.2, 0.25) is 0 Å². The maximum atomic E-state index is 13.1. The van der Waals surface area contributed by atoms with Crippen molar-refractivity contribution in [1.29, 1.82) is 0 Å². The molecule has 0 fully saturated rings. The van der Waals surface area contributed by atoms with Crippen molar-refractivity contribution in [3.8, 4) is 5.75 Å². The fourth-order valence-corrected chi connectivity index (χ4v) is 2.97. The minimum Gasteiger partial charge on any atom is -0.464 e. The van der Waals surface area contributed by atoms with Crippen molar-refractivity contribution in [2.24, 2.45) is 0 Å². The molecule has 2 amide bonds. The molecule has 0 aliphatic carbocycles. The number of fused-ring (bicyclic) bond motifs is 1. The van der Waals surface area contributed by atoms with Gasteiger partial charge >= 0.3 is 0 Å². The van der Waals surface area contributed by atoms with Crippen LogP contribution in [0.4, 0.5) is 11.5 Å². The molecule has 0 saturated heterocycles. The molecule has 2 heterocycles. The van der Waals surface area contributed by atoms with E-state index in [0.717, 1.165) is 12.0 Å². The lowest BCUT2D eigenvalue weighted by Crippen LogP contribution is -2.62. The third-order valence-electron chi connectivity index (χ3n) is 4.46. The number of pyridine rings is 1. The molecule has 2 aromatic rings. The Kier molecular flexibility index (Phi) is 4.68. The van der Waals surface area contributed by atoms with Gasteiger partial charge in [-0.3, -0.25) is 14.5 Å². The second kappa shape index (κ2) is 6.78. The first-order chi connectivity index (χ1) is 12.4. The molecule has 1 aliphatic heterocycles. The molecule has 6 nitrogen and oxygen atoms in total. The zero-order valence-corrected chi connectivity index (χ0v) is 15.4. The van der Waals surface area contributed by atoms with E-state index >= 15 is 0 Å². The maximum absolute atomic E-state index is 13.1. The second-order valence-corrected chi connectivity index (χ2v) is 6.74. The molecule has 6 heteroatoms. The van der Waals surface area contributed by atoms with Crippen molar-refractivity contribution in [1.82, 2.24) is 4.98 Å². The molecular weight excluding hydrogens is 330 g/mol. The number of carbonyl (C=O) groups excluding carboxylic acids is 2. The zero-order chi connectivity index (χ0) is 18.9. The van der Waals surface area contributed by atoms with Crippen molar-refractivity contribution < 1.29 is 14.3 Å². The lowest BCUT2D eigenvalue weighted by Gasteiger charge is -2.40. The molecule has 26 heavy (non-hydrogen) atoms. The number of nitrogens with one attached hydrogen (secondary N) is 1. The molecule has 0 bridgehead atoms. The molecule has 0 unspecified atom stereocenters. The number of carbonyl (C=O) groups is 2. The first-order valence-corrected chi connectivity index (χ1v) is 8.75. The SMILES string of the molecule is CCc1cccc(NC(=O)[C@]2(C)Oc3cccnc3N(C(C)C)C2=O)c1. The molecule has 0 saturated carbocycles. The number of hydrogen-bond acceptors (Lipinski definition) is 4. The van der Waals surface area contributed by atoms with Gasteiger partial charge in [-0.25, -0.2) is 4.98 Å². The van der Waals surface area contributed by atoms with Crippen molar-refractivity contribution in [2.75, 3.05) is 10.2 Å². The Balaban J connectivity index is 1.95. The number of ether oxygens (including phenoxy) is 1. The third kappa shape index (κ3) is 3.03. The summed E-state index contributed by atoms with van der Waals surface area (Å²) in [6, 6.07) is 10.8. The van der Waals surface area contributed by atoms with Crippen LogP contribution in [0.25, 0.3) is 0 Å². The molecular formula is C20H23N3O3. The summed E-state index contributed by atoms with van der Waals surface area (Å²) in [4.78, 5) is 31.8. The quantitative estimate of drug-likeness (QED) is 0.857. The summed E-state index contributed by atoms with van der Waals surface area (Å²) in [6.07, 6.45) is 2.46. The van der Waals surface area contributed by atoms with Crippen molar-refractivity contribution >= 4 is 23.3 Å². The van der Waals surface area contributed by atoms with Gasteiger partial charge in [0.1, 0.15) is 0 Å². The van der Waals surface area contributed by atoms with Gasteiger partial charge in [-0.05, 0) is 57.0 Å². The van der Waals surface area contributed by atoms with Gasteiger partial charge in [0.05, 0.1) is 0 Å². The largest absolute Gasteiger partial charge is 0.464 e. The number of amides is 2. The number of aryl methyl sites for hydroxylation is 1. The van der Waals surface area contributed by atoms with E-state index in [1.165, 1.54) is 11.8 Å². The van der Waals surface area contributed by atoms with Crippen LogP contribution in [0.15, 0.2) is 42.6 Å². The Morgan fingerprint density at radius 2 is 2.08 bits per heavy atom. The molecule has 0 radical (unpaired) electrons. The van der Waals surface area contributed by atoms with Gasteiger partial charge in [-0.15, -0.1) is 0 Å². The maximum Gasteiger partial charge on any atom is 0.282 e. The predicted octanol–water partition coefficient (Wildman–Crippen LogP) is 3.18. The van der Waals surface area contributed by atoms with Gasteiger partial charge in [-0.1, -0.05) is 19.1 Å². The fraction of sp³-hybridized carbons (Fsp3) is 0.350. The normalized spacial score (nSPS) is 19.1. The van der Waals surface area contributed by atoms with Crippen LogP contribution in [0.5, 0.6) is 5.75 Å². The Bertz CT molecular complexity index is 850. The average molecular weight is 353 g/mol. The number of hydrogen-bond donors (Lipinski definition) is 1. The second-order valence-electron chi connectivity index (χ2n) is 6.74. The Morgan fingerprint density at radius 1 is 1.31 bits per heavy atom. The molecule has 1 aromatic heterocycles. The smallest absolute Gasteiger partial charge is 0.282 e. The van der Waals surface area contributed by atoms with Crippen LogP contribution in [0.3, 0.4) is 0 Å². The summed E-state index contributed by atoms with van der Waals surface area (Å²) >= 11 is 0. The Labute approximate surface area is 153 Å². The topological polar surface area (TPSA) is 71.5 Å². The number of nitrogens with zero attached hydrogens (tertiary/aromatic N) is 2. The van der Waals surface area contributed by atoms with Crippen LogP contribution in [-0.4, -0.2) is 28.4 Å². The standard InChI is InChI=1S/C20H23N3O3/c1-5-14-8-6-9-15(12-14)22-18(24)20(4)19(25)23(13(2)3)17-16(26-20)10-7-11-21-17/h6-13H,5H2,1-4H3,(H,22,24)/t20-/m0/s1. The van der Waals surface area contributed by atoms with Crippen LogP contribution in [-0.2, 0) is 16.0 Å². The van der Waals surface area contributed by atoms with Gasteiger partial charge in [-0.2, -0.15) is 0 Å². The average Bonchev–Trinajstić information content (AvgIpc) is 2.62. The van der Waals surface area contributed by atoms with E-state index < -0.39 is 17.4 Å². The lowest BCUT2D eigenvalue weighted by molar-refractivity contribution is -0.145. The van der Waals surface area contributed by atoms with Crippen LogP contribution < -0.4 is 15.0 Å². The Morgan fingerprint density at radius 3 is 2.77 bits per heavy atom. The van der Waals surface area contributed by atoms with E-state index in [4.69, 9.17) is 4.74 Å². The predicted molar refractivity (Wildman–Crippen MR) is 100 cm³/mol. The van der Waals surface area contributed by atoms with Gasteiger partial charge in [0.25, 0.3) is 17.4 Å². The van der Waals surface area contributed by atoms with E-state index in [1.54, 1.807) is 24.4 Å². The number of rotatable bonds is 4. The van der Waals surface area contributed by atoms with E-state index in [9.17, 15) is 9.59 Å². The first kappa shape index (κ1) is 17.9. The molecule has 0 spiro atoms. The van der Waals surface area contributed by atoms with E-state index in [2.05, 4.69) is 10.3 Å². The summed E-state index contributed by atoms with van der Waals surface area (Å²) in [6.45, 7) is 7.30. The van der Waals surface area contributed by atoms with Crippen LogP contribution >= 0.6 is 0 Å². The highest BCUT2D eigenvalue weighted by Crippen LogP contribution is 2.37. The summed E-state index contributed by atoms with van der Waals surface area (Å²) in [5.41, 5.74) is 0.0740. The van der Waals surface area contributed by atoms with Crippen molar-refractivity contribution in [3.05, 3.63) is 48.2 Å². The molecule has 1 N–H and O–H groups in total. The number of anilines is 2. The van der Waals surface area contributed by atoms with Gasteiger partial charge < -0.3 is 10.1 Å². The molecule has 136 valence electrons. The van der Waals surface area contributed by atoms with E-state index in [-0.39, 0.29) is 6.04 Å². The van der Waals surface area contributed by atoms with Gasteiger partial charge in [0.2, 0.25) is 0 Å². The minimum atomic E-state index is -1.66. The summed E-state index contributed by atoms with van der Waals surface area (Å²) in [5, 5.41) is 2.82. The van der Waals surface area contributed by atoms with Crippen LogP contribution in [0.1, 0.15) is 33.3 Å². The summed E-state index contributed by atoms with van der Waals surface area (Å²) < 4.78 is 5.84. The minimum absolute atomic E-state index is 0.157. The third-order valence-corrected chi connectivity index (χ3v) is 4.46. The highest BCUT2D eigenvalue weighted by atomic mass is 16.5. The molecule has 3 rings (SSSR count). The summed E-state index contributed by atoms with van der Waals surface area (Å²) in [7, 11) is 0. The molecule has 1 atom stereocenters. The van der Waals surface area contributed by atoms with E-state index in [0.29, 0.717) is 17.3 Å². The van der Waals surface area contributed by atoms with Crippen LogP contribution in [0, 0.1) is 0 Å². The number of benzene rings is 1. The van der Waals surface area contributed by atoms with Crippen molar-refractivity contribution in [3.63, 3.8) is 0 Å². The molecule has 1 aliphatic rings. The van der Waals surface area contributed by atoms with Crippen molar-refractivity contribution in [2.45, 2.75) is 45.8 Å². The first-order valence-electron chi connectivity index (χ1n) is 8.75.